The van der Waals surface area contributed by atoms with Gasteiger partial charge in [0.15, 0.2) is 0 Å². The fourth-order valence-corrected chi connectivity index (χ4v) is 2.13. The average molecular weight is 250 g/mol. The second-order valence-electron chi connectivity index (χ2n) is 5.20. The van der Waals surface area contributed by atoms with Crippen molar-refractivity contribution in [3.8, 4) is 0 Å². The van der Waals surface area contributed by atoms with Gasteiger partial charge in [-0.05, 0) is 20.3 Å². The number of ether oxygens (including phenoxy) is 1. The van der Waals surface area contributed by atoms with E-state index in [0.29, 0.717) is 0 Å². The fraction of sp³-hybridized carbons (Fsp3) is 0.692. The summed E-state index contributed by atoms with van der Waals surface area (Å²) in [7, 11) is 0. The minimum Gasteiger partial charge on any atom is -0.377 e. The third-order valence-corrected chi connectivity index (χ3v) is 3.13. The smallest absolute Gasteiger partial charge is 0.134 e. The van der Waals surface area contributed by atoms with Crippen LogP contribution in [0.3, 0.4) is 0 Å². The number of anilines is 2. The molecule has 1 aromatic heterocycles. The van der Waals surface area contributed by atoms with Crippen LogP contribution >= 0.6 is 0 Å². The van der Waals surface area contributed by atoms with Crippen molar-refractivity contribution in [1.82, 2.24) is 9.97 Å². The maximum Gasteiger partial charge on any atom is 0.134 e. The molecule has 0 spiro atoms. The van der Waals surface area contributed by atoms with E-state index < -0.39 is 0 Å². The summed E-state index contributed by atoms with van der Waals surface area (Å²) in [6.07, 6.45) is 2.71. The first-order valence-corrected chi connectivity index (χ1v) is 6.55. The van der Waals surface area contributed by atoms with Gasteiger partial charge in [0.25, 0.3) is 0 Å². The van der Waals surface area contributed by atoms with Gasteiger partial charge < -0.3 is 15.0 Å². The molecule has 2 rings (SSSR count). The van der Waals surface area contributed by atoms with Gasteiger partial charge in [-0.1, -0.05) is 6.92 Å². The fourth-order valence-electron chi connectivity index (χ4n) is 2.13. The molecule has 5 heteroatoms. The van der Waals surface area contributed by atoms with Crippen LogP contribution in [-0.4, -0.2) is 41.8 Å². The van der Waals surface area contributed by atoms with Crippen LogP contribution < -0.4 is 10.2 Å². The van der Waals surface area contributed by atoms with Gasteiger partial charge in [-0.25, -0.2) is 9.97 Å². The van der Waals surface area contributed by atoms with Crippen molar-refractivity contribution in [3.63, 3.8) is 0 Å². The molecule has 0 saturated carbocycles. The Morgan fingerprint density at radius 1 is 1.44 bits per heavy atom. The molecule has 1 fully saturated rings. The Morgan fingerprint density at radius 3 is 3.00 bits per heavy atom. The molecule has 0 amide bonds. The molecule has 1 aromatic rings. The molecule has 2 heterocycles. The van der Waals surface area contributed by atoms with Gasteiger partial charge in [0.1, 0.15) is 18.0 Å². The normalized spacial score (nSPS) is 18.7. The SMILES string of the molecule is CCCNc1cc(N2CCOCC2(C)C)ncn1. The highest BCUT2D eigenvalue weighted by molar-refractivity contribution is 5.50. The van der Waals surface area contributed by atoms with Gasteiger partial charge >= 0.3 is 0 Å². The molecule has 0 aromatic carbocycles. The molecule has 0 atom stereocenters. The van der Waals surface area contributed by atoms with Crippen LogP contribution in [-0.2, 0) is 4.74 Å². The third kappa shape index (κ3) is 2.90. The molecule has 100 valence electrons. The van der Waals surface area contributed by atoms with Crippen LogP contribution in [0.25, 0.3) is 0 Å². The average Bonchev–Trinajstić information content (AvgIpc) is 2.36. The predicted molar refractivity (Wildman–Crippen MR) is 73.1 cm³/mol. The van der Waals surface area contributed by atoms with Gasteiger partial charge in [0.2, 0.25) is 0 Å². The van der Waals surface area contributed by atoms with E-state index in [1.54, 1.807) is 6.33 Å². The zero-order chi connectivity index (χ0) is 13.0. The molecular weight excluding hydrogens is 228 g/mol. The van der Waals surface area contributed by atoms with Crippen molar-refractivity contribution >= 4 is 11.6 Å². The summed E-state index contributed by atoms with van der Waals surface area (Å²) in [6, 6.07) is 2.02. The predicted octanol–water partition coefficient (Wildman–Crippen LogP) is 1.91. The molecular formula is C13H22N4O. The number of aromatic nitrogens is 2. The number of morpholine rings is 1. The summed E-state index contributed by atoms with van der Waals surface area (Å²) in [5, 5.41) is 3.29. The molecule has 1 saturated heterocycles. The number of hydrogen-bond donors (Lipinski definition) is 1. The standard InChI is InChI=1S/C13H22N4O/c1-4-5-14-11-8-12(16-10-15-11)17-6-7-18-9-13(17,2)3/h8,10H,4-7,9H2,1-3H3,(H,14,15,16). The Balaban J connectivity index is 2.16. The van der Waals surface area contributed by atoms with E-state index in [1.165, 1.54) is 0 Å². The molecule has 0 bridgehead atoms. The van der Waals surface area contributed by atoms with Crippen molar-refractivity contribution in [2.75, 3.05) is 36.5 Å². The highest BCUT2D eigenvalue weighted by atomic mass is 16.5. The monoisotopic (exact) mass is 250 g/mol. The van der Waals surface area contributed by atoms with E-state index in [1.807, 2.05) is 6.07 Å². The first-order valence-electron chi connectivity index (χ1n) is 6.55. The number of hydrogen-bond acceptors (Lipinski definition) is 5. The Kier molecular flexibility index (Phi) is 4.01. The zero-order valence-corrected chi connectivity index (χ0v) is 11.4. The molecule has 0 radical (unpaired) electrons. The quantitative estimate of drug-likeness (QED) is 0.884. The highest BCUT2D eigenvalue weighted by Gasteiger charge is 2.31. The lowest BCUT2D eigenvalue weighted by atomic mass is 10.0. The summed E-state index contributed by atoms with van der Waals surface area (Å²) in [5.41, 5.74) is -0.0192. The maximum absolute atomic E-state index is 5.53. The Morgan fingerprint density at radius 2 is 2.28 bits per heavy atom. The van der Waals surface area contributed by atoms with Gasteiger partial charge in [0.05, 0.1) is 18.8 Å². The van der Waals surface area contributed by atoms with Gasteiger partial charge in [0, 0.05) is 19.2 Å². The number of nitrogens with one attached hydrogen (secondary N) is 1. The molecule has 18 heavy (non-hydrogen) atoms. The van der Waals surface area contributed by atoms with Crippen LogP contribution in [0, 0.1) is 0 Å². The van der Waals surface area contributed by atoms with Gasteiger partial charge in [-0.15, -0.1) is 0 Å². The lowest BCUT2D eigenvalue weighted by Crippen LogP contribution is -2.53. The van der Waals surface area contributed by atoms with Gasteiger partial charge in [-0.2, -0.15) is 0 Å². The summed E-state index contributed by atoms with van der Waals surface area (Å²) < 4.78 is 5.53. The molecule has 1 aliphatic heterocycles. The van der Waals surface area contributed by atoms with E-state index in [4.69, 9.17) is 4.74 Å². The van der Waals surface area contributed by atoms with E-state index >= 15 is 0 Å². The topological polar surface area (TPSA) is 50.3 Å². The molecule has 0 aliphatic carbocycles. The first kappa shape index (κ1) is 13.1. The van der Waals surface area contributed by atoms with Crippen LogP contribution in [0.5, 0.6) is 0 Å². The van der Waals surface area contributed by atoms with Crippen LogP contribution in [0.2, 0.25) is 0 Å². The first-order chi connectivity index (χ1) is 8.63. The summed E-state index contributed by atoms with van der Waals surface area (Å²) in [6.45, 7) is 9.78. The Hall–Kier alpha value is -1.36. The lowest BCUT2D eigenvalue weighted by Gasteiger charge is -2.42. The number of rotatable bonds is 4. The van der Waals surface area contributed by atoms with E-state index in [2.05, 4.69) is 41.0 Å². The van der Waals surface area contributed by atoms with Crippen molar-refractivity contribution in [2.24, 2.45) is 0 Å². The largest absolute Gasteiger partial charge is 0.377 e. The molecule has 5 nitrogen and oxygen atoms in total. The second-order valence-corrected chi connectivity index (χ2v) is 5.20. The number of nitrogens with zero attached hydrogens (tertiary/aromatic N) is 3. The van der Waals surface area contributed by atoms with Crippen molar-refractivity contribution < 1.29 is 4.74 Å². The van der Waals surface area contributed by atoms with Crippen LogP contribution in [0.15, 0.2) is 12.4 Å². The third-order valence-electron chi connectivity index (χ3n) is 3.13. The summed E-state index contributed by atoms with van der Waals surface area (Å²) in [4.78, 5) is 10.9. The van der Waals surface area contributed by atoms with Crippen molar-refractivity contribution in [1.29, 1.82) is 0 Å². The highest BCUT2D eigenvalue weighted by Crippen LogP contribution is 2.26. The second kappa shape index (κ2) is 5.52. The molecule has 1 N–H and O–H groups in total. The van der Waals surface area contributed by atoms with E-state index in [-0.39, 0.29) is 5.54 Å². The lowest BCUT2D eigenvalue weighted by molar-refractivity contribution is 0.0639. The minimum absolute atomic E-state index is 0.0192. The van der Waals surface area contributed by atoms with Crippen molar-refractivity contribution in [3.05, 3.63) is 12.4 Å². The van der Waals surface area contributed by atoms with Crippen molar-refractivity contribution in [2.45, 2.75) is 32.7 Å². The van der Waals surface area contributed by atoms with Crippen LogP contribution in [0.4, 0.5) is 11.6 Å². The zero-order valence-electron chi connectivity index (χ0n) is 11.4. The Labute approximate surface area is 109 Å². The maximum atomic E-state index is 5.53. The van der Waals surface area contributed by atoms with Gasteiger partial charge in [-0.3, -0.25) is 0 Å². The van der Waals surface area contributed by atoms with E-state index in [0.717, 1.165) is 44.4 Å². The summed E-state index contributed by atoms with van der Waals surface area (Å²) in [5.74, 6) is 1.86. The van der Waals surface area contributed by atoms with Crippen LogP contribution in [0.1, 0.15) is 27.2 Å². The van der Waals surface area contributed by atoms with E-state index in [9.17, 15) is 0 Å². The molecule has 1 aliphatic rings. The molecule has 0 unspecified atom stereocenters. The summed E-state index contributed by atoms with van der Waals surface area (Å²) >= 11 is 0. The Bertz CT molecular complexity index is 394. The minimum atomic E-state index is -0.0192.